The molecule has 27 heavy (non-hydrogen) atoms. The van der Waals surface area contributed by atoms with E-state index >= 15 is 0 Å². The Hall–Kier alpha value is -3.33. The van der Waals surface area contributed by atoms with Gasteiger partial charge in [-0.05, 0) is 23.8 Å². The molecule has 3 aromatic rings. The van der Waals surface area contributed by atoms with Crippen LogP contribution in [0.15, 0.2) is 49.3 Å². The number of aromatic nitrogens is 5. The first-order chi connectivity index (χ1) is 13.3. The maximum absolute atomic E-state index is 12.7. The van der Waals surface area contributed by atoms with Crippen molar-refractivity contribution in [2.45, 2.75) is 6.54 Å². The van der Waals surface area contributed by atoms with Crippen LogP contribution >= 0.6 is 0 Å². The molecular formula is C18H19N7O2. The molecule has 4 rings (SSSR count). The maximum atomic E-state index is 12.7. The zero-order valence-corrected chi connectivity index (χ0v) is 14.7. The van der Waals surface area contributed by atoms with Gasteiger partial charge in [0.15, 0.2) is 5.82 Å². The number of ether oxygens (including phenoxy) is 1. The van der Waals surface area contributed by atoms with Gasteiger partial charge in [-0.2, -0.15) is 5.10 Å². The van der Waals surface area contributed by atoms with E-state index in [1.165, 1.54) is 6.33 Å². The van der Waals surface area contributed by atoms with Gasteiger partial charge in [-0.3, -0.25) is 4.79 Å². The van der Waals surface area contributed by atoms with Crippen LogP contribution in [0.25, 0.3) is 5.82 Å². The molecular weight excluding hydrogens is 346 g/mol. The highest BCUT2D eigenvalue weighted by atomic mass is 16.5. The van der Waals surface area contributed by atoms with Gasteiger partial charge in [-0.25, -0.2) is 19.6 Å². The van der Waals surface area contributed by atoms with Gasteiger partial charge in [0.2, 0.25) is 0 Å². The largest absolute Gasteiger partial charge is 0.378 e. The number of carbonyl (C=O) groups is 1. The highest BCUT2D eigenvalue weighted by Crippen LogP contribution is 2.18. The van der Waals surface area contributed by atoms with E-state index in [0.29, 0.717) is 37.0 Å². The van der Waals surface area contributed by atoms with Crippen molar-refractivity contribution in [1.29, 1.82) is 0 Å². The Balaban J connectivity index is 1.42. The van der Waals surface area contributed by atoms with E-state index in [2.05, 4.69) is 30.3 Å². The Morgan fingerprint density at radius 2 is 2.07 bits per heavy atom. The lowest BCUT2D eigenvalue weighted by Crippen LogP contribution is -2.38. The van der Waals surface area contributed by atoms with Crippen LogP contribution < -0.4 is 10.2 Å². The number of morpholine rings is 1. The second kappa shape index (κ2) is 7.92. The number of pyridine rings is 2. The molecule has 1 saturated heterocycles. The minimum absolute atomic E-state index is 0.162. The molecule has 4 heterocycles. The van der Waals surface area contributed by atoms with E-state index in [1.54, 1.807) is 35.5 Å². The van der Waals surface area contributed by atoms with Crippen LogP contribution in [0.4, 0.5) is 5.82 Å². The SMILES string of the molecule is O=C(NCc1ccc(-n2cncn2)nc1)c1cccnc1N1CCOCC1. The van der Waals surface area contributed by atoms with Crippen molar-refractivity contribution in [3.05, 3.63) is 60.4 Å². The third kappa shape index (κ3) is 3.93. The molecule has 0 aliphatic carbocycles. The van der Waals surface area contributed by atoms with Gasteiger partial charge in [0.05, 0.1) is 18.8 Å². The van der Waals surface area contributed by atoms with Gasteiger partial charge >= 0.3 is 0 Å². The van der Waals surface area contributed by atoms with Gasteiger partial charge in [0, 0.05) is 32.0 Å². The van der Waals surface area contributed by atoms with Crippen LogP contribution in [0.1, 0.15) is 15.9 Å². The summed E-state index contributed by atoms with van der Waals surface area (Å²) in [4.78, 5) is 27.4. The molecule has 0 spiro atoms. The summed E-state index contributed by atoms with van der Waals surface area (Å²) in [6, 6.07) is 7.29. The van der Waals surface area contributed by atoms with Crippen molar-refractivity contribution in [3.63, 3.8) is 0 Å². The normalized spacial score (nSPS) is 14.1. The number of nitrogens with one attached hydrogen (secondary N) is 1. The van der Waals surface area contributed by atoms with Crippen LogP contribution in [0.5, 0.6) is 0 Å². The minimum Gasteiger partial charge on any atom is -0.378 e. The molecule has 0 atom stereocenters. The Morgan fingerprint density at radius 3 is 2.81 bits per heavy atom. The van der Waals surface area contributed by atoms with Gasteiger partial charge in [-0.15, -0.1) is 0 Å². The van der Waals surface area contributed by atoms with E-state index in [4.69, 9.17) is 4.74 Å². The lowest BCUT2D eigenvalue weighted by molar-refractivity contribution is 0.0949. The standard InChI is InChI=1S/C18H19N7O2/c26-18(15-2-1-5-20-17(15)24-6-8-27-9-7-24)22-11-14-3-4-16(21-10-14)25-13-19-12-23-25/h1-5,10,12-13H,6-9,11H2,(H,22,26). The minimum atomic E-state index is -0.162. The average Bonchev–Trinajstić information content (AvgIpc) is 3.28. The van der Waals surface area contributed by atoms with Crippen LogP contribution in [0.3, 0.4) is 0 Å². The molecule has 0 aromatic carbocycles. The van der Waals surface area contributed by atoms with Crippen molar-refractivity contribution in [3.8, 4) is 5.82 Å². The Bertz CT molecular complexity index is 890. The van der Waals surface area contributed by atoms with Crippen LogP contribution in [-0.4, -0.2) is 56.9 Å². The number of rotatable bonds is 5. The molecule has 0 saturated carbocycles. The van der Waals surface area contributed by atoms with Crippen molar-refractivity contribution in [2.24, 2.45) is 0 Å². The fourth-order valence-corrected chi connectivity index (χ4v) is 2.86. The molecule has 1 aliphatic rings. The van der Waals surface area contributed by atoms with Crippen molar-refractivity contribution >= 4 is 11.7 Å². The first-order valence-electron chi connectivity index (χ1n) is 8.67. The number of carbonyl (C=O) groups excluding carboxylic acids is 1. The van der Waals surface area contributed by atoms with Gasteiger partial charge < -0.3 is 15.0 Å². The molecule has 1 amide bonds. The number of hydrogen-bond acceptors (Lipinski definition) is 7. The Morgan fingerprint density at radius 1 is 1.19 bits per heavy atom. The lowest BCUT2D eigenvalue weighted by atomic mass is 10.2. The molecule has 0 bridgehead atoms. The number of hydrogen-bond donors (Lipinski definition) is 1. The highest BCUT2D eigenvalue weighted by Gasteiger charge is 2.19. The van der Waals surface area contributed by atoms with Crippen molar-refractivity contribution in [1.82, 2.24) is 30.0 Å². The first-order valence-corrected chi connectivity index (χ1v) is 8.67. The third-order valence-electron chi connectivity index (χ3n) is 4.26. The van der Waals surface area contributed by atoms with Crippen molar-refractivity contribution in [2.75, 3.05) is 31.2 Å². The zero-order chi connectivity index (χ0) is 18.5. The molecule has 138 valence electrons. The molecule has 1 fully saturated rings. The van der Waals surface area contributed by atoms with E-state index in [1.807, 2.05) is 12.1 Å². The highest BCUT2D eigenvalue weighted by molar-refractivity contribution is 5.98. The monoisotopic (exact) mass is 365 g/mol. The van der Waals surface area contributed by atoms with Crippen LogP contribution in [0, 0.1) is 0 Å². The maximum Gasteiger partial charge on any atom is 0.255 e. The quantitative estimate of drug-likeness (QED) is 0.715. The average molecular weight is 365 g/mol. The van der Waals surface area contributed by atoms with Crippen molar-refractivity contribution < 1.29 is 9.53 Å². The van der Waals surface area contributed by atoms with E-state index in [9.17, 15) is 4.79 Å². The molecule has 1 N–H and O–H groups in total. The second-order valence-electron chi connectivity index (χ2n) is 6.02. The molecule has 1 aliphatic heterocycles. The molecule has 0 unspecified atom stereocenters. The van der Waals surface area contributed by atoms with Gasteiger partial charge in [-0.1, -0.05) is 6.07 Å². The summed E-state index contributed by atoms with van der Waals surface area (Å²) in [5, 5.41) is 6.97. The number of amides is 1. The van der Waals surface area contributed by atoms with E-state index in [-0.39, 0.29) is 5.91 Å². The Kier molecular flexibility index (Phi) is 5.01. The molecule has 9 nitrogen and oxygen atoms in total. The van der Waals surface area contributed by atoms with Crippen LogP contribution in [0.2, 0.25) is 0 Å². The van der Waals surface area contributed by atoms with Crippen LogP contribution in [-0.2, 0) is 11.3 Å². The lowest BCUT2D eigenvalue weighted by Gasteiger charge is -2.29. The fourth-order valence-electron chi connectivity index (χ4n) is 2.86. The van der Waals surface area contributed by atoms with Gasteiger partial charge in [0.1, 0.15) is 18.5 Å². The predicted molar refractivity (Wildman–Crippen MR) is 97.6 cm³/mol. The first kappa shape index (κ1) is 17.1. The summed E-state index contributed by atoms with van der Waals surface area (Å²) in [7, 11) is 0. The summed E-state index contributed by atoms with van der Waals surface area (Å²) in [6.07, 6.45) is 6.45. The number of anilines is 1. The summed E-state index contributed by atoms with van der Waals surface area (Å²) in [5.41, 5.74) is 1.45. The fraction of sp³-hybridized carbons (Fsp3) is 0.278. The summed E-state index contributed by atoms with van der Waals surface area (Å²) >= 11 is 0. The number of nitrogens with zero attached hydrogens (tertiary/aromatic N) is 6. The molecule has 9 heteroatoms. The van der Waals surface area contributed by atoms with Gasteiger partial charge in [0.25, 0.3) is 5.91 Å². The smallest absolute Gasteiger partial charge is 0.255 e. The molecule has 3 aromatic heterocycles. The topological polar surface area (TPSA) is 98.1 Å². The zero-order valence-electron chi connectivity index (χ0n) is 14.7. The second-order valence-corrected chi connectivity index (χ2v) is 6.02. The Labute approximate surface area is 156 Å². The summed E-state index contributed by atoms with van der Waals surface area (Å²) in [5.74, 6) is 1.20. The summed E-state index contributed by atoms with van der Waals surface area (Å²) in [6.45, 7) is 3.11. The van der Waals surface area contributed by atoms with E-state index in [0.717, 1.165) is 18.7 Å². The summed E-state index contributed by atoms with van der Waals surface area (Å²) < 4.78 is 6.95. The van der Waals surface area contributed by atoms with E-state index < -0.39 is 0 Å². The predicted octanol–water partition coefficient (Wildman–Crippen LogP) is 0.824. The molecule has 0 radical (unpaired) electrons. The third-order valence-corrected chi connectivity index (χ3v) is 4.26.